The molecule has 0 saturated carbocycles. The second-order valence-corrected chi connectivity index (χ2v) is 5.45. The number of hydrogen-bond donors (Lipinski definition) is 2. The minimum absolute atomic E-state index is 0.168. The molecule has 2 atom stereocenters. The monoisotopic (exact) mass is 288 g/mol. The maximum atomic E-state index is 6.20. The Labute approximate surface area is 118 Å². The van der Waals surface area contributed by atoms with E-state index in [4.69, 9.17) is 33.8 Å². The van der Waals surface area contributed by atoms with Gasteiger partial charge in [0.2, 0.25) is 0 Å². The van der Waals surface area contributed by atoms with Crippen LogP contribution in [0.25, 0.3) is 0 Å². The lowest BCUT2D eigenvalue weighted by Gasteiger charge is -2.30. The van der Waals surface area contributed by atoms with Gasteiger partial charge in [0, 0.05) is 12.6 Å². The van der Waals surface area contributed by atoms with Crippen molar-refractivity contribution in [3.63, 3.8) is 0 Å². The van der Waals surface area contributed by atoms with Crippen LogP contribution in [0.1, 0.15) is 18.4 Å². The van der Waals surface area contributed by atoms with Crippen molar-refractivity contribution in [2.75, 3.05) is 13.2 Å². The second kappa shape index (κ2) is 6.73. The lowest BCUT2D eigenvalue weighted by atomic mass is 9.90. The van der Waals surface area contributed by atoms with Crippen LogP contribution in [-0.2, 0) is 11.2 Å². The number of ether oxygens (including phenoxy) is 1. The Morgan fingerprint density at radius 1 is 1.44 bits per heavy atom. The van der Waals surface area contributed by atoms with Gasteiger partial charge in [-0.05, 0) is 36.8 Å². The molecule has 0 amide bonds. The lowest BCUT2D eigenvalue weighted by Crippen LogP contribution is -2.45. The maximum Gasteiger partial charge on any atom is 0.0624 e. The molecule has 3 N–H and O–H groups in total. The molecule has 1 aromatic rings. The summed E-state index contributed by atoms with van der Waals surface area (Å²) in [5.41, 5.74) is 3.91. The van der Waals surface area contributed by atoms with Gasteiger partial charge in [0.15, 0.2) is 0 Å². The first-order valence-corrected chi connectivity index (χ1v) is 6.94. The summed E-state index contributed by atoms with van der Waals surface area (Å²) in [7, 11) is 0. The normalized spacial score (nSPS) is 21.8. The van der Waals surface area contributed by atoms with E-state index < -0.39 is 0 Å². The van der Waals surface area contributed by atoms with Gasteiger partial charge in [0.25, 0.3) is 0 Å². The van der Waals surface area contributed by atoms with Crippen molar-refractivity contribution in [2.24, 2.45) is 11.8 Å². The highest BCUT2D eigenvalue weighted by molar-refractivity contribution is 6.42. The van der Waals surface area contributed by atoms with Gasteiger partial charge in [-0.15, -0.1) is 0 Å². The van der Waals surface area contributed by atoms with Gasteiger partial charge in [-0.3, -0.25) is 11.3 Å². The predicted octanol–water partition coefficient (Wildman–Crippen LogP) is 2.79. The number of halogens is 2. The molecule has 1 aliphatic heterocycles. The summed E-state index contributed by atoms with van der Waals surface area (Å²) in [6.07, 6.45) is 2.99. The van der Waals surface area contributed by atoms with Crippen LogP contribution in [0.2, 0.25) is 10.0 Å². The Kier molecular flexibility index (Phi) is 5.27. The molecule has 0 spiro atoms. The largest absolute Gasteiger partial charge is 0.381 e. The average molecular weight is 289 g/mol. The predicted molar refractivity (Wildman–Crippen MR) is 74.8 cm³/mol. The van der Waals surface area contributed by atoms with Gasteiger partial charge in [-0.2, -0.15) is 0 Å². The zero-order valence-electron chi connectivity index (χ0n) is 10.2. The number of benzene rings is 1. The molecule has 1 aliphatic rings. The molecule has 1 aromatic carbocycles. The van der Waals surface area contributed by atoms with E-state index in [1.54, 1.807) is 6.07 Å². The fourth-order valence-electron chi connectivity index (χ4n) is 2.39. The number of hydrazine groups is 1. The van der Waals surface area contributed by atoms with Crippen LogP contribution in [0.15, 0.2) is 18.2 Å². The highest BCUT2D eigenvalue weighted by atomic mass is 35.5. The van der Waals surface area contributed by atoms with Crippen LogP contribution in [0.3, 0.4) is 0 Å². The van der Waals surface area contributed by atoms with Crippen molar-refractivity contribution >= 4 is 23.2 Å². The first-order valence-electron chi connectivity index (χ1n) is 6.19. The molecule has 100 valence electrons. The van der Waals surface area contributed by atoms with Crippen LogP contribution < -0.4 is 11.3 Å². The van der Waals surface area contributed by atoms with Crippen molar-refractivity contribution in [1.82, 2.24) is 5.43 Å². The minimum Gasteiger partial charge on any atom is -0.381 e. The SMILES string of the molecule is NNC(Cc1cccc(Cl)c1Cl)C1CCCOC1. The third-order valence-corrected chi connectivity index (χ3v) is 4.31. The molecule has 1 fully saturated rings. The number of hydrogen-bond acceptors (Lipinski definition) is 3. The molecule has 2 unspecified atom stereocenters. The number of nitrogens with one attached hydrogen (secondary N) is 1. The van der Waals surface area contributed by atoms with Gasteiger partial charge >= 0.3 is 0 Å². The molecule has 0 bridgehead atoms. The first kappa shape index (κ1) is 14.1. The highest BCUT2D eigenvalue weighted by Crippen LogP contribution is 2.28. The molecule has 2 rings (SSSR count). The average Bonchev–Trinajstić information content (AvgIpc) is 2.41. The van der Waals surface area contributed by atoms with Gasteiger partial charge in [0.05, 0.1) is 16.7 Å². The van der Waals surface area contributed by atoms with E-state index in [0.717, 1.165) is 38.0 Å². The zero-order valence-corrected chi connectivity index (χ0v) is 11.7. The Morgan fingerprint density at radius 2 is 2.28 bits per heavy atom. The van der Waals surface area contributed by atoms with E-state index in [0.29, 0.717) is 16.0 Å². The standard InChI is InChI=1S/C13H18Cl2N2O/c14-11-5-1-3-9(13(11)15)7-12(17-16)10-4-2-6-18-8-10/h1,3,5,10,12,17H,2,4,6-8,16H2. The summed E-state index contributed by atoms with van der Waals surface area (Å²) in [5.74, 6) is 6.09. The van der Waals surface area contributed by atoms with Crippen LogP contribution >= 0.6 is 23.2 Å². The van der Waals surface area contributed by atoms with Crippen molar-refractivity contribution in [1.29, 1.82) is 0 Å². The van der Waals surface area contributed by atoms with Crippen LogP contribution in [0, 0.1) is 5.92 Å². The maximum absolute atomic E-state index is 6.20. The third kappa shape index (κ3) is 3.37. The Balaban J connectivity index is 2.07. The molecular weight excluding hydrogens is 271 g/mol. The summed E-state index contributed by atoms with van der Waals surface area (Å²) in [6.45, 7) is 1.61. The summed E-state index contributed by atoms with van der Waals surface area (Å²) < 4.78 is 5.50. The number of rotatable bonds is 4. The summed E-state index contributed by atoms with van der Waals surface area (Å²) >= 11 is 12.2. The first-order chi connectivity index (χ1) is 8.72. The number of nitrogens with two attached hydrogens (primary N) is 1. The molecule has 1 saturated heterocycles. The Bertz CT molecular complexity index is 395. The fourth-order valence-corrected chi connectivity index (χ4v) is 2.78. The molecule has 0 aliphatic carbocycles. The highest BCUT2D eigenvalue weighted by Gasteiger charge is 2.24. The summed E-state index contributed by atoms with van der Waals surface area (Å²) in [5, 5.41) is 1.21. The van der Waals surface area contributed by atoms with E-state index in [2.05, 4.69) is 5.43 Å². The van der Waals surface area contributed by atoms with Crippen LogP contribution in [0.4, 0.5) is 0 Å². The van der Waals surface area contributed by atoms with E-state index in [1.807, 2.05) is 12.1 Å². The van der Waals surface area contributed by atoms with Crippen molar-refractivity contribution < 1.29 is 4.74 Å². The molecule has 0 radical (unpaired) electrons. The van der Waals surface area contributed by atoms with Gasteiger partial charge in [-0.25, -0.2) is 0 Å². The smallest absolute Gasteiger partial charge is 0.0624 e. The van der Waals surface area contributed by atoms with E-state index >= 15 is 0 Å². The summed E-state index contributed by atoms with van der Waals surface area (Å²) in [6, 6.07) is 5.86. The van der Waals surface area contributed by atoms with E-state index in [-0.39, 0.29) is 6.04 Å². The van der Waals surface area contributed by atoms with Gasteiger partial charge in [-0.1, -0.05) is 35.3 Å². The van der Waals surface area contributed by atoms with Crippen molar-refractivity contribution in [3.8, 4) is 0 Å². The molecular formula is C13H18Cl2N2O. The molecule has 3 nitrogen and oxygen atoms in total. The van der Waals surface area contributed by atoms with Crippen molar-refractivity contribution in [3.05, 3.63) is 33.8 Å². The minimum atomic E-state index is 0.168. The van der Waals surface area contributed by atoms with Gasteiger partial charge < -0.3 is 4.74 Å². The Hall–Kier alpha value is -0.320. The van der Waals surface area contributed by atoms with E-state index in [1.165, 1.54) is 0 Å². The quantitative estimate of drug-likeness (QED) is 0.662. The van der Waals surface area contributed by atoms with Crippen molar-refractivity contribution in [2.45, 2.75) is 25.3 Å². The van der Waals surface area contributed by atoms with Gasteiger partial charge in [0.1, 0.15) is 0 Å². The molecule has 5 heteroatoms. The summed E-state index contributed by atoms with van der Waals surface area (Å²) in [4.78, 5) is 0. The second-order valence-electron chi connectivity index (χ2n) is 4.67. The van der Waals surface area contributed by atoms with Crippen LogP contribution in [-0.4, -0.2) is 19.3 Å². The van der Waals surface area contributed by atoms with E-state index in [9.17, 15) is 0 Å². The molecule has 1 heterocycles. The topological polar surface area (TPSA) is 47.3 Å². The van der Waals surface area contributed by atoms with Crippen LogP contribution in [0.5, 0.6) is 0 Å². The lowest BCUT2D eigenvalue weighted by molar-refractivity contribution is 0.0393. The fraction of sp³-hybridized carbons (Fsp3) is 0.538. The molecule has 18 heavy (non-hydrogen) atoms. The third-order valence-electron chi connectivity index (χ3n) is 3.45. The Morgan fingerprint density at radius 3 is 2.94 bits per heavy atom. The molecule has 0 aromatic heterocycles. The zero-order chi connectivity index (χ0) is 13.0.